The summed E-state index contributed by atoms with van der Waals surface area (Å²) in [6, 6.07) is 26.8. The summed E-state index contributed by atoms with van der Waals surface area (Å²) >= 11 is 0. The van der Waals surface area contributed by atoms with E-state index in [2.05, 4.69) is 31.2 Å². The lowest BCUT2D eigenvalue weighted by Gasteiger charge is -2.19. The van der Waals surface area contributed by atoms with Crippen molar-refractivity contribution in [2.24, 2.45) is 0 Å². The molecule has 0 unspecified atom stereocenters. The van der Waals surface area contributed by atoms with E-state index in [-0.39, 0.29) is 12.7 Å². The van der Waals surface area contributed by atoms with Crippen molar-refractivity contribution in [3.05, 3.63) is 118 Å². The number of carbonyl (C=O) groups excluding carboxylic acids is 2. The predicted octanol–water partition coefficient (Wildman–Crippen LogP) is 6.68. The quantitative estimate of drug-likeness (QED) is 0.280. The molecule has 4 aromatic carbocycles. The molecule has 188 valence electrons. The van der Waals surface area contributed by atoms with Gasteiger partial charge in [0.05, 0.1) is 17.2 Å². The summed E-state index contributed by atoms with van der Waals surface area (Å²) in [5.41, 5.74) is 5.29. The summed E-state index contributed by atoms with van der Waals surface area (Å²) in [7, 11) is 0. The highest BCUT2D eigenvalue weighted by molar-refractivity contribution is 5.90. The molecule has 1 heterocycles. The van der Waals surface area contributed by atoms with Crippen LogP contribution in [0.1, 0.15) is 55.5 Å². The molecule has 1 saturated heterocycles. The van der Waals surface area contributed by atoms with Gasteiger partial charge in [0.15, 0.2) is 0 Å². The lowest BCUT2D eigenvalue weighted by Crippen LogP contribution is -2.32. The number of esters is 2. The highest BCUT2D eigenvalue weighted by Gasteiger charge is 2.40. The summed E-state index contributed by atoms with van der Waals surface area (Å²) in [5, 5.41) is 2.26. The molecule has 0 aromatic heterocycles. The number of fused-ring (bicyclic) bond motifs is 1. The molecule has 0 amide bonds. The number of carbonyl (C=O) groups is 2. The molecule has 0 radical (unpaired) electrons. The van der Waals surface area contributed by atoms with Crippen LogP contribution in [0.15, 0.2) is 84.9 Å². The number of hydrogen-bond acceptors (Lipinski definition) is 5. The molecule has 0 N–H and O–H groups in total. The number of benzene rings is 4. The fraction of sp³-hybridized carbons (Fsp3) is 0.250. The maximum atomic E-state index is 13.0. The number of hydrogen-bond donors (Lipinski definition) is 0. The average Bonchev–Trinajstić information content (AvgIpc) is 3.30. The Balaban J connectivity index is 1.38. The minimum atomic E-state index is -0.589. The van der Waals surface area contributed by atoms with Gasteiger partial charge >= 0.3 is 11.9 Å². The maximum Gasteiger partial charge on any atom is 0.338 e. The Bertz CT molecular complexity index is 1420. The number of ether oxygens (including phenoxy) is 3. The van der Waals surface area contributed by atoms with Crippen LogP contribution in [0, 0.1) is 20.8 Å². The molecule has 1 aliphatic heterocycles. The molecular weight excluding hydrogens is 464 g/mol. The van der Waals surface area contributed by atoms with Crippen LogP contribution in [-0.4, -0.2) is 30.8 Å². The van der Waals surface area contributed by atoms with Crippen LogP contribution in [0.4, 0.5) is 0 Å². The molecular formula is C32H30O5. The Labute approximate surface area is 217 Å². The van der Waals surface area contributed by atoms with Crippen molar-refractivity contribution in [1.29, 1.82) is 0 Å². The second kappa shape index (κ2) is 10.6. The third-order valence-electron chi connectivity index (χ3n) is 6.93. The van der Waals surface area contributed by atoms with E-state index < -0.39 is 24.1 Å². The first kappa shape index (κ1) is 24.7. The molecule has 1 fully saturated rings. The van der Waals surface area contributed by atoms with E-state index >= 15 is 0 Å². The van der Waals surface area contributed by atoms with Crippen LogP contribution in [0.3, 0.4) is 0 Å². The van der Waals surface area contributed by atoms with E-state index in [4.69, 9.17) is 14.2 Å². The highest BCUT2D eigenvalue weighted by Crippen LogP contribution is 2.39. The molecule has 3 atom stereocenters. The first-order valence-corrected chi connectivity index (χ1v) is 12.5. The van der Waals surface area contributed by atoms with Crippen LogP contribution in [0.25, 0.3) is 10.8 Å². The summed E-state index contributed by atoms with van der Waals surface area (Å²) in [6.07, 6.45) is -0.986. The zero-order chi connectivity index (χ0) is 25.9. The Morgan fingerprint density at radius 3 is 2.00 bits per heavy atom. The van der Waals surface area contributed by atoms with Crippen LogP contribution in [-0.2, 0) is 14.2 Å². The maximum absolute atomic E-state index is 13.0. The molecule has 5 rings (SSSR count). The molecule has 0 bridgehead atoms. The number of aryl methyl sites for hydroxylation is 3. The van der Waals surface area contributed by atoms with Gasteiger partial charge in [-0.15, -0.1) is 0 Å². The molecule has 0 spiro atoms. The second-order valence-electron chi connectivity index (χ2n) is 9.69. The zero-order valence-corrected chi connectivity index (χ0v) is 21.3. The van der Waals surface area contributed by atoms with Gasteiger partial charge in [0, 0.05) is 6.42 Å². The molecule has 37 heavy (non-hydrogen) atoms. The van der Waals surface area contributed by atoms with E-state index in [1.165, 1.54) is 5.56 Å². The van der Waals surface area contributed by atoms with E-state index in [1.807, 2.05) is 50.2 Å². The molecule has 4 aromatic rings. The molecule has 1 aliphatic rings. The van der Waals surface area contributed by atoms with Gasteiger partial charge in [-0.2, -0.15) is 0 Å². The van der Waals surface area contributed by atoms with Gasteiger partial charge in [0.2, 0.25) is 0 Å². The van der Waals surface area contributed by atoms with Crippen LogP contribution in [0.5, 0.6) is 0 Å². The van der Waals surface area contributed by atoms with Crippen molar-refractivity contribution < 1.29 is 23.8 Å². The van der Waals surface area contributed by atoms with Gasteiger partial charge in [0.25, 0.3) is 0 Å². The van der Waals surface area contributed by atoms with E-state index in [0.29, 0.717) is 17.5 Å². The third kappa shape index (κ3) is 5.42. The summed E-state index contributed by atoms with van der Waals surface area (Å²) in [6.45, 7) is 6.00. The molecule has 0 aliphatic carbocycles. The first-order chi connectivity index (χ1) is 17.9. The van der Waals surface area contributed by atoms with E-state index in [9.17, 15) is 9.59 Å². The van der Waals surface area contributed by atoms with Crippen LogP contribution in [0.2, 0.25) is 0 Å². The zero-order valence-electron chi connectivity index (χ0n) is 21.3. The summed E-state index contributed by atoms with van der Waals surface area (Å²) < 4.78 is 18.0. The molecule has 5 heteroatoms. The van der Waals surface area contributed by atoms with Gasteiger partial charge in [0.1, 0.15) is 18.8 Å². The van der Waals surface area contributed by atoms with Crippen molar-refractivity contribution in [2.45, 2.75) is 45.5 Å². The van der Waals surface area contributed by atoms with E-state index in [0.717, 1.165) is 27.5 Å². The standard InChI is InChI=1S/C32H30O5/c1-20-8-13-23(14-9-20)31(33)35-19-30-29(37-32(34)24-15-10-21(2)11-16-24)18-28(36-30)27-17-12-22(3)25-6-4-5-7-26(25)27/h4-17,28-30H,18-19H2,1-3H3/t28-,29+,30-/m1/s1. The average molecular weight is 495 g/mol. The minimum absolute atomic E-state index is 0.0150. The van der Waals surface area contributed by atoms with E-state index in [1.54, 1.807) is 24.3 Å². The predicted molar refractivity (Wildman–Crippen MR) is 143 cm³/mol. The first-order valence-electron chi connectivity index (χ1n) is 12.5. The number of rotatable bonds is 6. The Kier molecular flexibility index (Phi) is 7.06. The van der Waals surface area contributed by atoms with Crippen molar-refractivity contribution in [3.8, 4) is 0 Å². The Morgan fingerprint density at radius 2 is 1.35 bits per heavy atom. The highest BCUT2D eigenvalue weighted by atomic mass is 16.6. The monoisotopic (exact) mass is 494 g/mol. The lowest BCUT2D eigenvalue weighted by atomic mass is 9.95. The minimum Gasteiger partial charge on any atom is -0.459 e. The van der Waals surface area contributed by atoms with Crippen molar-refractivity contribution in [3.63, 3.8) is 0 Å². The van der Waals surface area contributed by atoms with Crippen molar-refractivity contribution in [2.75, 3.05) is 6.61 Å². The van der Waals surface area contributed by atoms with Gasteiger partial charge in [-0.3, -0.25) is 0 Å². The third-order valence-corrected chi connectivity index (χ3v) is 6.93. The summed E-state index contributed by atoms with van der Waals surface area (Å²) in [5.74, 6) is -0.852. The molecule has 5 nitrogen and oxygen atoms in total. The molecule has 0 saturated carbocycles. The Hall–Kier alpha value is -3.96. The largest absolute Gasteiger partial charge is 0.459 e. The smallest absolute Gasteiger partial charge is 0.338 e. The Morgan fingerprint density at radius 1 is 0.757 bits per heavy atom. The van der Waals surface area contributed by atoms with Gasteiger partial charge < -0.3 is 14.2 Å². The summed E-state index contributed by atoms with van der Waals surface area (Å²) in [4.78, 5) is 25.6. The second-order valence-corrected chi connectivity index (χ2v) is 9.69. The fourth-order valence-corrected chi connectivity index (χ4v) is 4.77. The normalized spacial score (nSPS) is 19.1. The fourth-order valence-electron chi connectivity index (χ4n) is 4.77. The van der Waals surface area contributed by atoms with Crippen LogP contribution >= 0.6 is 0 Å². The van der Waals surface area contributed by atoms with Crippen molar-refractivity contribution >= 4 is 22.7 Å². The van der Waals surface area contributed by atoms with Crippen molar-refractivity contribution in [1.82, 2.24) is 0 Å². The van der Waals surface area contributed by atoms with Crippen LogP contribution < -0.4 is 0 Å². The van der Waals surface area contributed by atoms with Gasteiger partial charge in [-0.05, 0) is 66.9 Å². The SMILES string of the molecule is Cc1ccc(C(=O)OC[C@H]2O[C@@H](c3ccc(C)c4ccccc34)C[C@@H]2OC(=O)c2ccc(C)cc2)cc1. The van der Waals surface area contributed by atoms with Gasteiger partial charge in [-0.25, -0.2) is 9.59 Å². The lowest BCUT2D eigenvalue weighted by molar-refractivity contribution is -0.0425. The topological polar surface area (TPSA) is 61.8 Å². The van der Waals surface area contributed by atoms with Gasteiger partial charge in [-0.1, -0.05) is 71.8 Å².